The number of aryl methyl sites for hydroxylation is 1. The average molecular weight is 268 g/mol. The fourth-order valence-corrected chi connectivity index (χ4v) is 1.62. The van der Waals surface area contributed by atoms with Gasteiger partial charge in [-0.3, -0.25) is 0 Å². The minimum absolute atomic E-state index is 0.404. The van der Waals surface area contributed by atoms with Crippen LogP contribution in [0, 0.1) is 6.92 Å². The topological polar surface area (TPSA) is 88.8 Å². The Hall–Kier alpha value is -2.96. The van der Waals surface area contributed by atoms with Crippen molar-refractivity contribution < 1.29 is 4.52 Å². The summed E-state index contributed by atoms with van der Waals surface area (Å²) in [5.41, 5.74) is 0.892. The summed E-state index contributed by atoms with van der Waals surface area (Å²) in [6, 6.07) is 11.4. The highest BCUT2D eigenvalue weighted by Crippen LogP contribution is 2.16. The molecule has 2 aromatic heterocycles. The molecule has 0 unspecified atom stereocenters. The minimum atomic E-state index is 0.404. The van der Waals surface area contributed by atoms with Crippen LogP contribution in [0.3, 0.4) is 0 Å². The first-order chi connectivity index (χ1) is 9.79. The second kappa shape index (κ2) is 5.35. The molecule has 2 N–H and O–H groups in total. The molecule has 0 fully saturated rings. The highest BCUT2D eigenvalue weighted by atomic mass is 16.5. The van der Waals surface area contributed by atoms with Gasteiger partial charge in [0.05, 0.1) is 6.20 Å². The molecule has 20 heavy (non-hydrogen) atoms. The molecule has 0 aliphatic heterocycles. The van der Waals surface area contributed by atoms with Crippen molar-refractivity contribution in [3.63, 3.8) is 0 Å². The van der Waals surface area contributed by atoms with Crippen molar-refractivity contribution >= 4 is 23.3 Å². The normalized spacial score (nSPS) is 10.2. The van der Waals surface area contributed by atoms with Gasteiger partial charge in [-0.15, -0.1) is 5.10 Å². The van der Waals surface area contributed by atoms with Crippen LogP contribution in [0.15, 0.2) is 47.1 Å². The van der Waals surface area contributed by atoms with E-state index in [4.69, 9.17) is 4.52 Å². The Morgan fingerprint density at radius 3 is 2.65 bits per heavy atom. The van der Waals surface area contributed by atoms with Crippen LogP contribution in [0.1, 0.15) is 5.76 Å². The summed E-state index contributed by atoms with van der Waals surface area (Å²) in [4.78, 5) is 4.30. The summed E-state index contributed by atoms with van der Waals surface area (Å²) in [6.07, 6.45) is 1.51. The van der Waals surface area contributed by atoms with E-state index in [0.29, 0.717) is 17.6 Å². The largest absolute Gasteiger partial charge is 0.360 e. The molecule has 0 atom stereocenters. The van der Waals surface area contributed by atoms with E-state index in [-0.39, 0.29) is 0 Å². The summed E-state index contributed by atoms with van der Waals surface area (Å²) < 4.78 is 4.97. The van der Waals surface area contributed by atoms with Crippen molar-refractivity contribution in [2.45, 2.75) is 6.92 Å². The van der Waals surface area contributed by atoms with Crippen LogP contribution in [0.25, 0.3) is 0 Å². The van der Waals surface area contributed by atoms with Gasteiger partial charge >= 0.3 is 0 Å². The van der Waals surface area contributed by atoms with Crippen molar-refractivity contribution in [3.8, 4) is 0 Å². The van der Waals surface area contributed by atoms with E-state index < -0.39 is 0 Å². The third kappa shape index (κ3) is 2.89. The summed E-state index contributed by atoms with van der Waals surface area (Å²) >= 11 is 0. The molecular weight excluding hydrogens is 256 g/mol. The van der Waals surface area contributed by atoms with E-state index in [9.17, 15) is 0 Å². The van der Waals surface area contributed by atoms with Gasteiger partial charge in [-0.2, -0.15) is 10.1 Å². The van der Waals surface area contributed by atoms with Crippen molar-refractivity contribution in [3.05, 3.63) is 48.4 Å². The van der Waals surface area contributed by atoms with Crippen molar-refractivity contribution in [2.75, 3.05) is 10.6 Å². The molecule has 0 amide bonds. The van der Waals surface area contributed by atoms with Crippen LogP contribution in [0.4, 0.5) is 23.3 Å². The number of rotatable bonds is 4. The quantitative estimate of drug-likeness (QED) is 0.751. The Morgan fingerprint density at radius 2 is 1.90 bits per heavy atom. The third-order valence-electron chi connectivity index (χ3n) is 2.47. The van der Waals surface area contributed by atoms with Gasteiger partial charge in [-0.25, -0.2) is 0 Å². The van der Waals surface area contributed by atoms with E-state index in [2.05, 4.69) is 31.0 Å². The first kappa shape index (κ1) is 12.1. The highest BCUT2D eigenvalue weighted by molar-refractivity contribution is 5.56. The predicted molar refractivity (Wildman–Crippen MR) is 74.1 cm³/mol. The second-order valence-corrected chi connectivity index (χ2v) is 4.10. The first-order valence-electron chi connectivity index (χ1n) is 6.02. The van der Waals surface area contributed by atoms with Crippen LogP contribution in [0.2, 0.25) is 0 Å². The molecule has 3 aromatic rings. The number of nitrogens with one attached hydrogen (secondary N) is 2. The van der Waals surface area contributed by atoms with Gasteiger partial charge in [-0.05, 0) is 19.1 Å². The van der Waals surface area contributed by atoms with Crippen LogP contribution < -0.4 is 10.6 Å². The summed E-state index contributed by atoms with van der Waals surface area (Å²) in [6.45, 7) is 1.82. The number of benzene rings is 1. The fourth-order valence-electron chi connectivity index (χ4n) is 1.62. The summed E-state index contributed by atoms with van der Waals surface area (Å²) in [5, 5.41) is 17.7. The van der Waals surface area contributed by atoms with Gasteiger partial charge in [0, 0.05) is 11.8 Å². The van der Waals surface area contributed by atoms with E-state index in [0.717, 1.165) is 11.4 Å². The predicted octanol–water partition coefficient (Wildman–Crippen LogP) is 2.66. The van der Waals surface area contributed by atoms with E-state index >= 15 is 0 Å². The Kier molecular flexibility index (Phi) is 3.24. The summed E-state index contributed by atoms with van der Waals surface area (Å²) in [7, 11) is 0. The fraction of sp³-hybridized carbons (Fsp3) is 0.0769. The molecule has 0 aliphatic rings. The number of hydrogen-bond donors (Lipinski definition) is 2. The number of hydrogen-bond acceptors (Lipinski definition) is 7. The minimum Gasteiger partial charge on any atom is -0.360 e. The standard InChI is InChI=1S/C13H12N6O/c1-9-7-11(19-20-9)16-12-8-14-18-13(17-12)15-10-5-3-2-4-6-10/h2-8H,1H3,(H2,15,16,17,18,19). The third-order valence-corrected chi connectivity index (χ3v) is 2.47. The molecule has 0 saturated carbocycles. The van der Waals surface area contributed by atoms with Crippen LogP contribution in [0.5, 0.6) is 0 Å². The van der Waals surface area contributed by atoms with Crippen molar-refractivity contribution in [1.82, 2.24) is 20.3 Å². The second-order valence-electron chi connectivity index (χ2n) is 4.10. The van der Waals surface area contributed by atoms with Gasteiger partial charge < -0.3 is 15.2 Å². The SMILES string of the molecule is Cc1cc(Nc2cnnc(Nc3ccccc3)n2)no1. The van der Waals surface area contributed by atoms with E-state index in [1.165, 1.54) is 6.20 Å². The molecule has 0 radical (unpaired) electrons. The van der Waals surface area contributed by atoms with Crippen molar-refractivity contribution in [1.29, 1.82) is 0 Å². The van der Waals surface area contributed by atoms with Gasteiger partial charge in [0.2, 0.25) is 5.95 Å². The van der Waals surface area contributed by atoms with Gasteiger partial charge in [0.25, 0.3) is 0 Å². The van der Waals surface area contributed by atoms with Gasteiger partial charge in [-0.1, -0.05) is 23.4 Å². The van der Waals surface area contributed by atoms with Crippen molar-refractivity contribution in [2.24, 2.45) is 0 Å². The lowest BCUT2D eigenvalue weighted by molar-refractivity contribution is 0.400. The van der Waals surface area contributed by atoms with Gasteiger partial charge in [0.1, 0.15) is 5.76 Å². The molecule has 0 spiro atoms. The van der Waals surface area contributed by atoms with Crippen LogP contribution in [-0.2, 0) is 0 Å². The van der Waals surface area contributed by atoms with Crippen LogP contribution >= 0.6 is 0 Å². The van der Waals surface area contributed by atoms with E-state index in [1.807, 2.05) is 37.3 Å². The maximum Gasteiger partial charge on any atom is 0.249 e. The average Bonchev–Trinajstić information content (AvgIpc) is 2.86. The molecule has 0 saturated heterocycles. The Bertz CT molecular complexity index is 697. The molecule has 1 aromatic carbocycles. The highest BCUT2D eigenvalue weighted by Gasteiger charge is 2.04. The molecule has 7 heteroatoms. The maximum absolute atomic E-state index is 4.97. The first-order valence-corrected chi connectivity index (χ1v) is 6.02. The number of nitrogens with zero attached hydrogens (tertiary/aromatic N) is 4. The Labute approximate surface area is 115 Å². The monoisotopic (exact) mass is 268 g/mol. The number of para-hydroxylation sites is 1. The number of aromatic nitrogens is 4. The maximum atomic E-state index is 4.97. The molecule has 2 heterocycles. The molecule has 100 valence electrons. The molecule has 3 rings (SSSR count). The lowest BCUT2D eigenvalue weighted by Crippen LogP contribution is -2.02. The molecule has 0 aliphatic carbocycles. The van der Waals surface area contributed by atoms with E-state index in [1.54, 1.807) is 6.07 Å². The zero-order valence-electron chi connectivity index (χ0n) is 10.7. The lowest BCUT2D eigenvalue weighted by Gasteiger charge is -2.05. The summed E-state index contributed by atoms with van der Waals surface area (Å²) in [5.74, 6) is 2.24. The molecule has 7 nitrogen and oxygen atoms in total. The van der Waals surface area contributed by atoms with Crippen LogP contribution in [-0.4, -0.2) is 20.3 Å². The number of anilines is 4. The zero-order valence-corrected chi connectivity index (χ0v) is 10.7. The smallest absolute Gasteiger partial charge is 0.249 e. The Balaban J connectivity index is 1.76. The lowest BCUT2D eigenvalue weighted by atomic mass is 10.3. The molecular formula is C13H12N6O. The Morgan fingerprint density at radius 1 is 1.05 bits per heavy atom. The van der Waals surface area contributed by atoms with Gasteiger partial charge in [0.15, 0.2) is 11.6 Å². The molecule has 0 bridgehead atoms. The zero-order chi connectivity index (χ0) is 13.8.